The summed E-state index contributed by atoms with van der Waals surface area (Å²) in [6.45, 7) is 8.67. The first-order chi connectivity index (χ1) is 8.00. The summed E-state index contributed by atoms with van der Waals surface area (Å²) in [5.41, 5.74) is 2.68. The summed E-state index contributed by atoms with van der Waals surface area (Å²) >= 11 is 0. The predicted octanol–water partition coefficient (Wildman–Crippen LogP) is 2.67. The fourth-order valence-corrected chi connectivity index (χ4v) is 2.08. The maximum absolute atomic E-state index is 3.54. The van der Waals surface area contributed by atoms with Gasteiger partial charge in [0.05, 0.1) is 0 Å². The third-order valence-electron chi connectivity index (χ3n) is 3.24. The minimum Gasteiger partial charge on any atom is -0.311 e. The van der Waals surface area contributed by atoms with Crippen molar-refractivity contribution in [3.05, 3.63) is 35.4 Å². The van der Waals surface area contributed by atoms with Crippen LogP contribution >= 0.6 is 0 Å². The maximum atomic E-state index is 3.54. The lowest BCUT2D eigenvalue weighted by molar-refractivity contribution is 0.224. The van der Waals surface area contributed by atoms with Crippen molar-refractivity contribution >= 4 is 0 Å². The van der Waals surface area contributed by atoms with Crippen LogP contribution in [-0.2, 0) is 6.54 Å². The van der Waals surface area contributed by atoms with Crippen LogP contribution in [-0.4, -0.2) is 31.6 Å². The Balaban J connectivity index is 2.38. The van der Waals surface area contributed by atoms with Crippen molar-refractivity contribution in [2.45, 2.75) is 33.4 Å². The molecule has 0 aliphatic heterocycles. The first-order valence-corrected chi connectivity index (χ1v) is 6.43. The van der Waals surface area contributed by atoms with Gasteiger partial charge in [-0.15, -0.1) is 0 Å². The summed E-state index contributed by atoms with van der Waals surface area (Å²) < 4.78 is 0. The predicted molar refractivity (Wildman–Crippen MR) is 75.2 cm³/mol. The Labute approximate surface area is 106 Å². The Morgan fingerprint density at radius 1 is 1.12 bits per heavy atom. The molecule has 0 saturated heterocycles. The van der Waals surface area contributed by atoms with Crippen LogP contribution < -0.4 is 5.32 Å². The number of nitrogens with one attached hydrogen (secondary N) is 1. The van der Waals surface area contributed by atoms with Crippen LogP contribution in [0.5, 0.6) is 0 Å². The zero-order valence-corrected chi connectivity index (χ0v) is 11.8. The van der Waals surface area contributed by atoms with Crippen molar-refractivity contribution in [2.24, 2.45) is 5.92 Å². The number of benzene rings is 1. The molecule has 0 amide bonds. The number of hydrogen-bond acceptors (Lipinski definition) is 2. The lowest BCUT2D eigenvalue weighted by Crippen LogP contribution is -2.41. The topological polar surface area (TPSA) is 15.3 Å². The number of aryl methyl sites for hydroxylation is 1. The van der Waals surface area contributed by atoms with Crippen molar-refractivity contribution in [2.75, 3.05) is 20.6 Å². The van der Waals surface area contributed by atoms with Crippen LogP contribution in [0.2, 0.25) is 0 Å². The highest BCUT2D eigenvalue weighted by atomic mass is 15.1. The van der Waals surface area contributed by atoms with Crippen molar-refractivity contribution in [3.8, 4) is 0 Å². The highest BCUT2D eigenvalue weighted by Gasteiger charge is 2.14. The normalized spacial score (nSPS) is 13.4. The second-order valence-electron chi connectivity index (χ2n) is 5.39. The number of hydrogen-bond donors (Lipinski definition) is 1. The van der Waals surface area contributed by atoms with Crippen molar-refractivity contribution in [1.29, 1.82) is 0 Å². The summed E-state index contributed by atoms with van der Waals surface area (Å²) in [4.78, 5) is 2.30. The minimum absolute atomic E-state index is 0.598. The standard InChI is InChI=1S/C15H26N2/c1-12(2)15(17(4)5)11-16-10-14-8-6-13(3)7-9-14/h6-9,12,15-16H,10-11H2,1-5H3. The lowest BCUT2D eigenvalue weighted by atomic mass is 10.0. The second-order valence-corrected chi connectivity index (χ2v) is 5.39. The van der Waals surface area contributed by atoms with E-state index in [0.717, 1.165) is 13.1 Å². The van der Waals surface area contributed by atoms with E-state index in [4.69, 9.17) is 0 Å². The molecule has 1 aromatic rings. The molecule has 1 rings (SSSR count). The smallest absolute Gasteiger partial charge is 0.0237 e. The van der Waals surface area contributed by atoms with Gasteiger partial charge in [0, 0.05) is 19.1 Å². The molecule has 0 aromatic heterocycles. The molecule has 0 aliphatic carbocycles. The van der Waals surface area contributed by atoms with Crippen LogP contribution in [0, 0.1) is 12.8 Å². The van der Waals surface area contributed by atoms with E-state index in [-0.39, 0.29) is 0 Å². The van der Waals surface area contributed by atoms with E-state index in [1.165, 1.54) is 11.1 Å². The van der Waals surface area contributed by atoms with E-state index in [1.807, 2.05) is 0 Å². The molecule has 1 unspecified atom stereocenters. The van der Waals surface area contributed by atoms with E-state index in [2.05, 4.69) is 69.3 Å². The van der Waals surface area contributed by atoms with Gasteiger partial charge in [0.15, 0.2) is 0 Å². The molecule has 0 aliphatic rings. The fourth-order valence-electron chi connectivity index (χ4n) is 2.08. The zero-order valence-electron chi connectivity index (χ0n) is 11.8. The molecule has 96 valence electrons. The number of nitrogens with zero attached hydrogens (tertiary/aromatic N) is 1. The van der Waals surface area contributed by atoms with Gasteiger partial charge in [-0.05, 0) is 32.5 Å². The molecule has 0 fully saturated rings. The molecule has 1 atom stereocenters. The van der Waals surface area contributed by atoms with Crippen LogP contribution in [0.1, 0.15) is 25.0 Å². The van der Waals surface area contributed by atoms with Crippen LogP contribution in [0.3, 0.4) is 0 Å². The van der Waals surface area contributed by atoms with E-state index >= 15 is 0 Å². The molecular weight excluding hydrogens is 208 g/mol. The van der Waals surface area contributed by atoms with Gasteiger partial charge >= 0.3 is 0 Å². The third-order valence-corrected chi connectivity index (χ3v) is 3.24. The van der Waals surface area contributed by atoms with E-state index < -0.39 is 0 Å². The lowest BCUT2D eigenvalue weighted by Gasteiger charge is -2.28. The Hall–Kier alpha value is -0.860. The highest BCUT2D eigenvalue weighted by Crippen LogP contribution is 2.07. The summed E-state index contributed by atoms with van der Waals surface area (Å²) in [7, 11) is 4.30. The Kier molecular flexibility index (Phi) is 5.66. The summed E-state index contributed by atoms with van der Waals surface area (Å²) in [5.74, 6) is 0.676. The largest absolute Gasteiger partial charge is 0.311 e. The Bertz CT molecular complexity index is 306. The van der Waals surface area contributed by atoms with Crippen LogP contribution in [0.15, 0.2) is 24.3 Å². The van der Waals surface area contributed by atoms with E-state index in [1.54, 1.807) is 0 Å². The van der Waals surface area contributed by atoms with Gasteiger partial charge in [-0.25, -0.2) is 0 Å². The van der Waals surface area contributed by atoms with Crippen LogP contribution in [0.25, 0.3) is 0 Å². The SMILES string of the molecule is Cc1ccc(CNCC(C(C)C)N(C)C)cc1. The molecule has 1 N–H and O–H groups in total. The molecule has 0 heterocycles. The number of rotatable bonds is 6. The molecule has 0 saturated carbocycles. The minimum atomic E-state index is 0.598. The highest BCUT2D eigenvalue weighted by molar-refractivity contribution is 5.21. The molecule has 0 radical (unpaired) electrons. The third kappa shape index (κ3) is 4.88. The molecule has 0 spiro atoms. The van der Waals surface area contributed by atoms with Crippen LogP contribution in [0.4, 0.5) is 0 Å². The van der Waals surface area contributed by atoms with Gasteiger partial charge in [0.25, 0.3) is 0 Å². The molecular formula is C15H26N2. The Morgan fingerprint density at radius 3 is 2.18 bits per heavy atom. The summed E-state index contributed by atoms with van der Waals surface area (Å²) in [5, 5.41) is 3.54. The summed E-state index contributed by atoms with van der Waals surface area (Å²) in [6, 6.07) is 9.33. The molecule has 0 bridgehead atoms. The first-order valence-electron chi connectivity index (χ1n) is 6.43. The van der Waals surface area contributed by atoms with Gasteiger partial charge in [0.2, 0.25) is 0 Å². The second kappa shape index (κ2) is 6.77. The van der Waals surface area contributed by atoms with Gasteiger partial charge in [-0.3, -0.25) is 0 Å². The van der Waals surface area contributed by atoms with Crippen molar-refractivity contribution in [3.63, 3.8) is 0 Å². The fraction of sp³-hybridized carbons (Fsp3) is 0.600. The Morgan fingerprint density at radius 2 is 1.71 bits per heavy atom. The average molecular weight is 234 g/mol. The van der Waals surface area contributed by atoms with E-state index in [9.17, 15) is 0 Å². The number of likely N-dealkylation sites (N-methyl/N-ethyl adjacent to an activating group) is 1. The van der Waals surface area contributed by atoms with E-state index in [0.29, 0.717) is 12.0 Å². The quantitative estimate of drug-likeness (QED) is 0.814. The average Bonchev–Trinajstić information content (AvgIpc) is 2.25. The molecule has 17 heavy (non-hydrogen) atoms. The van der Waals surface area contributed by atoms with Crippen molar-refractivity contribution < 1.29 is 0 Å². The molecule has 1 aromatic carbocycles. The van der Waals surface area contributed by atoms with Crippen molar-refractivity contribution in [1.82, 2.24) is 10.2 Å². The van der Waals surface area contributed by atoms with Gasteiger partial charge in [-0.2, -0.15) is 0 Å². The van der Waals surface area contributed by atoms with Gasteiger partial charge in [0.1, 0.15) is 0 Å². The van der Waals surface area contributed by atoms with Gasteiger partial charge in [-0.1, -0.05) is 43.7 Å². The summed E-state index contributed by atoms with van der Waals surface area (Å²) in [6.07, 6.45) is 0. The monoisotopic (exact) mass is 234 g/mol. The maximum Gasteiger partial charge on any atom is 0.0237 e. The molecule has 2 nitrogen and oxygen atoms in total. The molecule has 2 heteroatoms. The van der Waals surface area contributed by atoms with Gasteiger partial charge < -0.3 is 10.2 Å². The first kappa shape index (κ1) is 14.2. The zero-order chi connectivity index (χ0) is 12.8.